The maximum absolute atomic E-state index is 13.0. The van der Waals surface area contributed by atoms with E-state index in [1.54, 1.807) is 69.3 Å². The van der Waals surface area contributed by atoms with Gasteiger partial charge in [0, 0.05) is 5.56 Å². The van der Waals surface area contributed by atoms with Gasteiger partial charge in [0.15, 0.2) is 9.84 Å². The number of ether oxygens (including phenoxy) is 2. The lowest BCUT2D eigenvalue weighted by molar-refractivity contribution is -0.137. The van der Waals surface area contributed by atoms with Crippen molar-refractivity contribution in [1.29, 1.82) is 0 Å². The zero-order valence-corrected chi connectivity index (χ0v) is 16.7. The van der Waals surface area contributed by atoms with Gasteiger partial charge in [0.2, 0.25) is 0 Å². The van der Waals surface area contributed by atoms with Crippen molar-refractivity contribution in [1.82, 2.24) is 0 Å². The van der Waals surface area contributed by atoms with Gasteiger partial charge in [0.1, 0.15) is 11.5 Å². The third-order valence-electron chi connectivity index (χ3n) is 4.05. The fraction of sp³-hybridized carbons (Fsp3) is 0.286. The Bertz CT molecular complexity index is 927. The molecule has 0 radical (unpaired) electrons. The molecule has 0 saturated carbocycles. The van der Waals surface area contributed by atoms with Crippen LogP contribution < -0.4 is 4.74 Å². The molecule has 0 aliphatic carbocycles. The van der Waals surface area contributed by atoms with Crippen molar-refractivity contribution in [3.05, 3.63) is 71.5 Å². The second kappa shape index (κ2) is 8.86. The fourth-order valence-electron chi connectivity index (χ4n) is 2.56. The van der Waals surface area contributed by atoms with E-state index in [0.717, 1.165) is 5.56 Å². The summed E-state index contributed by atoms with van der Waals surface area (Å²) in [4.78, 5) is 11.8. The van der Waals surface area contributed by atoms with Crippen LogP contribution in [0.2, 0.25) is 0 Å². The molecule has 0 heterocycles. The van der Waals surface area contributed by atoms with Crippen LogP contribution in [0.25, 0.3) is 0 Å². The van der Waals surface area contributed by atoms with Gasteiger partial charge in [-0.1, -0.05) is 35.9 Å². The Balaban J connectivity index is 2.33. The number of benzene rings is 2. The molecule has 0 aliphatic rings. The molecule has 1 atom stereocenters. The van der Waals surface area contributed by atoms with Crippen molar-refractivity contribution >= 4 is 15.8 Å². The Hall–Kier alpha value is -2.60. The Morgan fingerprint density at radius 2 is 1.74 bits per heavy atom. The summed E-state index contributed by atoms with van der Waals surface area (Å²) < 4.78 is 36.6. The summed E-state index contributed by atoms with van der Waals surface area (Å²) in [5.74, 6) is 0.201. The predicted molar refractivity (Wildman–Crippen MR) is 104 cm³/mol. The first-order valence-corrected chi connectivity index (χ1v) is 10.2. The minimum atomic E-state index is -3.59. The Labute approximate surface area is 160 Å². The van der Waals surface area contributed by atoms with Gasteiger partial charge in [-0.3, -0.25) is 0 Å². The number of allylic oxidation sites excluding steroid dienone is 1. The van der Waals surface area contributed by atoms with Gasteiger partial charge in [0.05, 0.1) is 22.8 Å². The molecule has 0 unspecified atom stereocenters. The molecule has 144 valence electrons. The first kappa shape index (κ1) is 20.7. The normalized spacial score (nSPS) is 13.1. The number of hydrogen-bond donors (Lipinski definition) is 0. The van der Waals surface area contributed by atoms with Crippen LogP contribution in [0.5, 0.6) is 5.75 Å². The molecular formula is C21H24O5S. The molecule has 0 bridgehead atoms. The molecule has 2 aromatic rings. The lowest BCUT2D eigenvalue weighted by Gasteiger charge is -2.18. The minimum absolute atomic E-state index is 0.259. The minimum Gasteiger partial charge on any atom is -0.463 e. The molecule has 0 spiro atoms. The first-order chi connectivity index (χ1) is 12.8. The standard InChI is InChI=1S/C21H24O5S/c1-5-25-21(22)14-16(3)26-20-9-7-6-8-19(20)17(4)27(23,24)18-12-10-15(2)11-13-18/h6-14,17H,5H2,1-4H3/b16-14+/t17-/m0/s1. The van der Waals surface area contributed by atoms with Crippen LogP contribution in [-0.4, -0.2) is 21.0 Å². The second-order valence-corrected chi connectivity index (χ2v) is 8.42. The van der Waals surface area contributed by atoms with E-state index >= 15 is 0 Å². The van der Waals surface area contributed by atoms with E-state index in [1.165, 1.54) is 6.08 Å². The van der Waals surface area contributed by atoms with Crippen molar-refractivity contribution in [3.63, 3.8) is 0 Å². The average molecular weight is 388 g/mol. The molecule has 0 amide bonds. The number of esters is 1. The molecule has 2 aromatic carbocycles. The zero-order valence-electron chi connectivity index (χ0n) is 15.9. The Kier molecular flexibility index (Phi) is 6.80. The van der Waals surface area contributed by atoms with Crippen molar-refractivity contribution in [2.75, 3.05) is 6.61 Å². The van der Waals surface area contributed by atoms with Gasteiger partial charge in [-0.15, -0.1) is 0 Å². The molecule has 0 N–H and O–H groups in total. The van der Waals surface area contributed by atoms with E-state index in [4.69, 9.17) is 9.47 Å². The SMILES string of the molecule is CCOC(=O)/C=C(\C)Oc1ccccc1[C@H](C)S(=O)(=O)c1ccc(C)cc1. The maximum atomic E-state index is 13.0. The summed E-state index contributed by atoms with van der Waals surface area (Å²) in [6.45, 7) is 7.14. The van der Waals surface area contributed by atoms with E-state index in [-0.39, 0.29) is 11.5 Å². The van der Waals surface area contributed by atoms with Crippen molar-refractivity contribution in [2.45, 2.75) is 37.8 Å². The van der Waals surface area contributed by atoms with E-state index in [2.05, 4.69) is 0 Å². The Morgan fingerprint density at radius 3 is 2.37 bits per heavy atom. The topological polar surface area (TPSA) is 69.7 Å². The summed E-state index contributed by atoms with van der Waals surface area (Å²) >= 11 is 0. The highest BCUT2D eigenvalue weighted by Gasteiger charge is 2.27. The van der Waals surface area contributed by atoms with E-state index in [1.807, 2.05) is 6.92 Å². The monoisotopic (exact) mass is 388 g/mol. The van der Waals surface area contributed by atoms with Gasteiger partial charge in [-0.25, -0.2) is 13.2 Å². The summed E-state index contributed by atoms with van der Waals surface area (Å²) in [7, 11) is -3.59. The highest BCUT2D eigenvalue weighted by atomic mass is 32.2. The maximum Gasteiger partial charge on any atom is 0.334 e. The van der Waals surface area contributed by atoms with Crippen LogP contribution in [0.1, 0.15) is 37.1 Å². The average Bonchev–Trinajstić information content (AvgIpc) is 2.62. The summed E-state index contributed by atoms with van der Waals surface area (Å²) in [5, 5.41) is -0.813. The van der Waals surface area contributed by atoms with Gasteiger partial charge in [-0.2, -0.15) is 0 Å². The summed E-state index contributed by atoms with van der Waals surface area (Å²) in [6.07, 6.45) is 1.24. The van der Waals surface area contributed by atoms with Crippen LogP contribution >= 0.6 is 0 Å². The largest absolute Gasteiger partial charge is 0.463 e. The third kappa shape index (κ3) is 5.20. The quantitative estimate of drug-likeness (QED) is 0.400. The van der Waals surface area contributed by atoms with Crippen molar-refractivity contribution in [3.8, 4) is 5.75 Å². The number of para-hydroxylation sites is 1. The van der Waals surface area contributed by atoms with Gasteiger partial charge < -0.3 is 9.47 Å². The van der Waals surface area contributed by atoms with E-state index in [0.29, 0.717) is 17.1 Å². The van der Waals surface area contributed by atoms with Gasteiger partial charge in [-0.05, 0) is 45.9 Å². The summed E-state index contributed by atoms with van der Waals surface area (Å²) in [5.41, 5.74) is 1.51. The molecular weight excluding hydrogens is 364 g/mol. The molecule has 5 nitrogen and oxygen atoms in total. The van der Waals surface area contributed by atoms with Crippen LogP contribution in [0, 0.1) is 6.92 Å². The van der Waals surface area contributed by atoms with Crippen LogP contribution in [0.4, 0.5) is 0 Å². The molecule has 0 saturated heterocycles. The van der Waals surface area contributed by atoms with E-state index in [9.17, 15) is 13.2 Å². The number of hydrogen-bond acceptors (Lipinski definition) is 5. The highest BCUT2D eigenvalue weighted by Crippen LogP contribution is 2.34. The molecule has 2 rings (SSSR count). The number of aryl methyl sites for hydroxylation is 1. The van der Waals surface area contributed by atoms with Crippen molar-refractivity contribution < 1.29 is 22.7 Å². The van der Waals surface area contributed by atoms with Gasteiger partial charge >= 0.3 is 5.97 Å². The van der Waals surface area contributed by atoms with Crippen LogP contribution in [0.15, 0.2) is 65.3 Å². The number of sulfone groups is 1. The fourth-order valence-corrected chi connectivity index (χ4v) is 4.01. The van der Waals surface area contributed by atoms with Gasteiger partial charge in [0.25, 0.3) is 0 Å². The number of rotatable bonds is 7. The first-order valence-electron chi connectivity index (χ1n) is 8.68. The summed E-state index contributed by atoms with van der Waals surface area (Å²) in [6, 6.07) is 13.7. The third-order valence-corrected chi connectivity index (χ3v) is 6.16. The predicted octanol–water partition coefficient (Wildman–Crippen LogP) is 4.38. The smallest absolute Gasteiger partial charge is 0.334 e. The Morgan fingerprint density at radius 1 is 1.11 bits per heavy atom. The lowest BCUT2D eigenvalue weighted by atomic mass is 10.1. The molecule has 27 heavy (non-hydrogen) atoms. The molecule has 0 aromatic heterocycles. The number of carbonyl (C=O) groups excluding carboxylic acids is 1. The highest BCUT2D eigenvalue weighted by molar-refractivity contribution is 7.91. The lowest BCUT2D eigenvalue weighted by Crippen LogP contribution is -2.12. The molecule has 6 heteroatoms. The zero-order chi connectivity index (χ0) is 20.0. The number of carbonyl (C=O) groups is 1. The second-order valence-electron chi connectivity index (χ2n) is 6.15. The van der Waals surface area contributed by atoms with E-state index < -0.39 is 21.1 Å². The van der Waals surface area contributed by atoms with Crippen molar-refractivity contribution in [2.24, 2.45) is 0 Å². The van der Waals surface area contributed by atoms with Crippen LogP contribution in [0.3, 0.4) is 0 Å². The molecule has 0 aliphatic heterocycles. The van der Waals surface area contributed by atoms with Crippen LogP contribution in [-0.2, 0) is 19.4 Å². The molecule has 0 fully saturated rings.